The third-order valence-electron chi connectivity index (χ3n) is 7.30. The van der Waals surface area contributed by atoms with Crippen molar-refractivity contribution in [2.45, 2.75) is 88.5 Å². The topological polar surface area (TPSA) is 253 Å². The first-order chi connectivity index (χ1) is 22.5. The first-order valence-corrected chi connectivity index (χ1v) is 15.8. The van der Waals surface area contributed by atoms with Gasteiger partial charge in [0.15, 0.2) is 12.6 Å². The van der Waals surface area contributed by atoms with Gasteiger partial charge in [0.2, 0.25) is 11.8 Å². The van der Waals surface area contributed by atoms with Gasteiger partial charge in [-0.25, -0.2) is 0 Å². The Morgan fingerprint density at radius 3 is 1.68 bits per heavy atom. The van der Waals surface area contributed by atoms with Crippen LogP contribution in [-0.2, 0) is 47.5 Å². The predicted octanol–water partition coefficient (Wildman–Crippen LogP) is -4.00. The summed E-state index contributed by atoms with van der Waals surface area (Å²) in [5, 5.41) is 64.6. The summed E-state index contributed by atoms with van der Waals surface area (Å²) in [6, 6.07) is -1.73. The Labute approximate surface area is 274 Å². The molecule has 0 aromatic rings. The molecule has 2 rings (SSSR count). The van der Waals surface area contributed by atoms with Gasteiger partial charge >= 0.3 is 0 Å². The molecular formula is C29H54N2O16. The van der Waals surface area contributed by atoms with Crippen LogP contribution in [0.3, 0.4) is 0 Å². The van der Waals surface area contributed by atoms with Crippen molar-refractivity contribution in [3.05, 3.63) is 0 Å². The average molecular weight is 687 g/mol. The molecule has 2 aliphatic rings. The van der Waals surface area contributed by atoms with Crippen molar-refractivity contribution in [1.82, 2.24) is 10.6 Å². The number of carbonyl (C=O) groups excluding carboxylic acids is 2. The van der Waals surface area contributed by atoms with Crippen molar-refractivity contribution in [2.24, 2.45) is 5.92 Å². The van der Waals surface area contributed by atoms with Gasteiger partial charge in [-0.15, -0.1) is 0 Å². The van der Waals surface area contributed by atoms with Crippen LogP contribution in [0.5, 0.6) is 0 Å². The molecule has 276 valence electrons. The van der Waals surface area contributed by atoms with E-state index >= 15 is 0 Å². The summed E-state index contributed by atoms with van der Waals surface area (Å²) in [5.41, 5.74) is 0. The van der Waals surface area contributed by atoms with E-state index in [1.54, 1.807) is 0 Å². The van der Waals surface area contributed by atoms with Crippen LogP contribution in [0.25, 0.3) is 0 Å². The van der Waals surface area contributed by atoms with Crippen LogP contribution in [0, 0.1) is 5.92 Å². The molecular weight excluding hydrogens is 632 g/mol. The van der Waals surface area contributed by atoms with Gasteiger partial charge in [-0.3, -0.25) is 9.59 Å². The Bertz CT molecular complexity index is 874. The lowest BCUT2D eigenvalue weighted by Gasteiger charge is -2.42. The van der Waals surface area contributed by atoms with E-state index in [2.05, 4.69) is 10.6 Å². The molecule has 0 spiro atoms. The minimum atomic E-state index is -1.38. The molecule has 18 heteroatoms. The third-order valence-corrected chi connectivity index (χ3v) is 7.30. The maximum Gasteiger partial charge on any atom is 0.217 e. The molecule has 2 aliphatic heterocycles. The molecule has 0 radical (unpaired) electrons. The van der Waals surface area contributed by atoms with Crippen molar-refractivity contribution in [3.63, 3.8) is 0 Å². The van der Waals surface area contributed by atoms with E-state index in [0.29, 0.717) is 39.6 Å². The second kappa shape index (κ2) is 22.9. The highest BCUT2D eigenvalue weighted by Crippen LogP contribution is 2.23. The Kier molecular flexibility index (Phi) is 20.3. The van der Waals surface area contributed by atoms with E-state index in [9.17, 15) is 40.2 Å². The highest BCUT2D eigenvalue weighted by molar-refractivity contribution is 5.73. The molecule has 6 unspecified atom stereocenters. The van der Waals surface area contributed by atoms with E-state index in [0.717, 1.165) is 0 Å². The van der Waals surface area contributed by atoms with Crippen LogP contribution in [0.2, 0.25) is 0 Å². The molecule has 2 amide bonds. The molecule has 0 bridgehead atoms. The van der Waals surface area contributed by atoms with Gasteiger partial charge in [0, 0.05) is 26.2 Å². The van der Waals surface area contributed by atoms with E-state index in [4.69, 9.17) is 37.9 Å². The van der Waals surface area contributed by atoms with Crippen molar-refractivity contribution in [2.75, 3.05) is 79.3 Å². The smallest absolute Gasteiger partial charge is 0.217 e. The number of rotatable bonds is 22. The van der Waals surface area contributed by atoms with Gasteiger partial charge in [-0.2, -0.15) is 0 Å². The lowest BCUT2D eigenvalue weighted by molar-refractivity contribution is -0.272. The number of aliphatic hydroxyl groups excluding tert-OH is 6. The first-order valence-electron chi connectivity index (χ1n) is 15.8. The van der Waals surface area contributed by atoms with Gasteiger partial charge < -0.3 is 79.2 Å². The fourth-order valence-corrected chi connectivity index (χ4v) is 4.92. The Morgan fingerprint density at radius 1 is 0.681 bits per heavy atom. The molecule has 2 fully saturated rings. The number of aliphatic hydroxyl groups is 6. The molecule has 0 aromatic carbocycles. The Morgan fingerprint density at radius 2 is 1.15 bits per heavy atom. The summed E-state index contributed by atoms with van der Waals surface area (Å²) in [7, 11) is 0. The first kappa shape index (κ1) is 41.6. The van der Waals surface area contributed by atoms with Gasteiger partial charge in [-0.1, -0.05) is 6.92 Å². The van der Waals surface area contributed by atoms with E-state index in [-0.39, 0.29) is 44.7 Å². The minimum Gasteiger partial charge on any atom is -0.394 e. The van der Waals surface area contributed by atoms with Gasteiger partial charge in [0.1, 0.15) is 36.6 Å². The summed E-state index contributed by atoms with van der Waals surface area (Å²) in [5.74, 6) is -0.678. The molecule has 11 atom stereocenters. The molecule has 0 saturated carbocycles. The fourth-order valence-electron chi connectivity index (χ4n) is 4.92. The maximum absolute atomic E-state index is 11.6. The second-order valence-electron chi connectivity index (χ2n) is 11.5. The fraction of sp³-hybridized carbons (Fsp3) is 0.931. The number of amides is 2. The van der Waals surface area contributed by atoms with Gasteiger partial charge in [0.05, 0.1) is 91.4 Å². The van der Waals surface area contributed by atoms with Crippen LogP contribution >= 0.6 is 0 Å². The lowest BCUT2D eigenvalue weighted by Crippen LogP contribution is -2.64. The van der Waals surface area contributed by atoms with Crippen molar-refractivity contribution < 1.29 is 78.1 Å². The molecule has 2 saturated heterocycles. The molecule has 18 nitrogen and oxygen atoms in total. The zero-order chi connectivity index (χ0) is 34.8. The lowest BCUT2D eigenvalue weighted by atomic mass is 9.97. The van der Waals surface area contributed by atoms with Gasteiger partial charge in [0.25, 0.3) is 0 Å². The van der Waals surface area contributed by atoms with Crippen LogP contribution < -0.4 is 10.6 Å². The van der Waals surface area contributed by atoms with Crippen molar-refractivity contribution in [3.8, 4) is 0 Å². The van der Waals surface area contributed by atoms with Crippen molar-refractivity contribution in [1.29, 1.82) is 0 Å². The van der Waals surface area contributed by atoms with Gasteiger partial charge in [-0.05, 0) is 0 Å². The van der Waals surface area contributed by atoms with Crippen LogP contribution in [0.4, 0.5) is 0 Å². The maximum atomic E-state index is 11.6. The Hall–Kier alpha value is -1.62. The Balaban J connectivity index is 1.50. The quantitative estimate of drug-likeness (QED) is 0.0505. The van der Waals surface area contributed by atoms with Crippen LogP contribution in [0.15, 0.2) is 0 Å². The number of hydrogen-bond acceptors (Lipinski definition) is 16. The predicted molar refractivity (Wildman–Crippen MR) is 160 cm³/mol. The normalized spacial score (nSPS) is 32.0. The number of carbonyl (C=O) groups is 2. The summed E-state index contributed by atoms with van der Waals surface area (Å²) in [6.07, 6.45) is -9.48. The zero-order valence-electron chi connectivity index (χ0n) is 27.3. The molecule has 2 heterocycles. The monoisotopic (exact) mass is 686 g/mol. The second-order valence-corrected chi connectivity index (χ2v) is 11.5. The third kappa shape index (κ3) is 15.2. The highest BCUT2D eigenvalue weighted by Gasteiger charge is 2.45. The largest absolute Gasteiger partial charge is 0.394 e. The van der Waals surface area contributed by atoms with E-state index < -0.39 is 80.4 Å². The summed E-state index contributed by atoms with van der Waals surface area (Å²) in [6.45, 7) is 6.23. The standard InChI is InChI=1S/C29H54N2O16/c1-17(16-43-7-5-41-9-11-45-29-24(31-19(3)35)27(39)26(38)23(14-33)47-29)15-42-6-4-40-8-10-44-28-20(30-18(2)34)12-21(36)25(37)22(13-32)46-28/h17,20-29,32-33,36-39H,4-16H2,1-3H3,(H,30,34)(H,31,35)/t17?,20?,21?,22?,23?,24?,25-,26+,27-,28-,29-/m1/s1. The molecule has 0 aromatic heterocycles. The number of nitrogens with one attached hydrogen (secondary N) is 2. The summed E-state index contributed by atoms with van der Waals surface area (Å²) in [4.78, 5) is 23.0. The van der Waals surface area contributed by atoms with E-state index in [1.807, 2.05) is 6.92 Å². The summed E-state index contributed by atoms with van der Waals surface area (Å²) < 4.78 is 44.6. The van der Waals surface area contributed by atoms with Crippen molar-refractivity contribution >= 4 is 11.8 Å². The summed E-state index contributed by atoms with van der Waals surface area (Å²) >= 11 is 0. The van der Waals surface area contributed by atoms with Crippen LogP contribution in [0.1, 0.15) is 27.2 Å². The number of ether oxygens (including phenoxy) is 8. The zero-order valence-corrected chi connectivity index (χ0v) is 27.3. The minimum absolute atomic E-state index is 0.00822. The molecule has 8 N–H and O–H groups in total. The van der Waals surface area contributed by atoms with E-state index in [1.165, 1.54) is 13.8 Å². The molecule has 47 heavy (non-hydrogen) atoms. The number of hydrogen-bond donors (Lipinski definition) is 8. The SMILES string of the molecule is CC(=O)NC1CC(O)[C@@H](O)C(CO)O[C@H]1OCCOCCOCC(C)COCCOCCO[C@@H]1OC(CO)[C@H](O)[C@H](O)C1NC(C)=O. The average Bonchev–Trinajstić information content (AvgIpc) is 3.13. The molecule has 0 aliphatic carbocycles. The highest BCUT2D eigenvalue weighted by atomic mass is 16.7. The van der Waals surface area contributed by atoms with Crippen LogP contribution in [-0.4, -0.2) is 183 Å².